The van der Waals surface area contributed by atoms with Crippen LogP contribution in [0.1, 0.15) is 90.4 Å². The minimum Gasteiger partial charge on any atom is -0.481 e. The maximum Gasteiger partial charge on any atom is 0.453 e. The van der Waals surface area contributed by atoms with Crippen LogP contribution in [0.2, 0.25) is 0 Å². The fourth-order valence-corrected chi connectivity index (χ4v) is 2.80. The van der Waals surface area contributed by atoms with Gasteiger partial charge >= 0.3 is 18.1 Å². The molecule has 0 aromatic carbocycles. The molecule has 0 saturated heterocycles. The number of hydrogen-bond acceptors (Lipinski definition) is 1. The number of hydrogen-bond donors (Lipinski definition) is 1. The lowest BCUT2D eigenvalue weighted by Gasteiger charge is -2.19. The van der Waals surface area contributed by atoms with Crippen LogP contribution in [-0.2, 0) is 4.79 Å². The average Bonchev–Trinajstić information content (AvgIpc) is 2.50. The number of rotatable bonds is 15. The summed E-state index contributed by atoms with van der Waals surface area (Å²) in [6.45, 7) is 2.13. The summed E-state index contributed by atoms with van der Waals surface area (Å²) < 4.78 is 61.5. The summed E-state index contributed by atoms with van der Waals surface area (Å²) in [7, 11) is 0. The molecule has 0 fully saturated rings. The molecule has 150 valence electrons. The Hall–Kier alpha value is -0.880. The van der Waals surface area contributed by atoms with E-state index in [9.17, 15) is 31.9 Å². The highest BCUT2D eigenvalue weighted by molar-refractivity contribution is 5.69. The highest BCUT2D eigenvalue weighted by Gasteiger charge is 2.56. The van der Waals surface area contributed by atoms with Gasteiger partial charge in [0.25, 0.3) is 0 Å². The van der Waals surface area contributed by atoms with Gasteiger partial charge in [-0.1, -0.05) is 64.7 Å². The first-order valence-electron chi connectivity index (χ1n) is 9.29. The van der Waals surface area contributed by atoms with Crippen LogP contribution in [0.4, 0.5) is 22.0 Å². The minimum absolute atomic E-state index is 0.207. The lowest BCUT2D eigenvalue weighted by atomic mass is 9.94. The van der Waals surface area contributed by atoms with E-state index in [0.717, 1.165) is 32.1 Å². The SMILES string of the molecule is CCCCCCCCC(CCCCCCC(F)(F)C(F)(F)F)C(=O)O. The third-order valence-electron chi connectivity index (χ3n) is 4.46. The van der Waals surface area contributed by atoms with E-state index in [1.165, 1.54) is 6.42 Å². The van der Waals surface area contributed by atoms with Gasteiger partial charge in [0, 0.05) is 6.42 Å². The first kappa shape index (κ1) is 24.1. The second kappa shape index (κ2) is 12.5. The normalized spacial score (nSPS) is 13.8. The average molecular weight is 374 g/mol. The third kappa shape index (κ3) is 11.4. The summed E-state index contributed by atoms with van der Waals surface area (Å²) >= 11 is 0. The third-order valence-corrected chi connectivity index (χ3v) is 4.46. The second-order valence-electron chi connectivity index (χ2n) is 6.75. The molecule has 0 aliphatic carbocycles. The number of aliphatic carboxylic acids is 1. The summed E-state index contributed by atoms with van der Waals surface area (Å²) in [6, 6.07) is 0. The fourth-order valence-electron chi connectivity index (χ4n) is 2.80. The molecule has 25 heavy (non-hydrogen) atoms. The van der Waals surface area contributed by atoms with Crippen LogP contribution in [0, 0.1) is 5.92 Å². The maximum absolute atomic E-state index is 12.7. The Balaban J connectivity index is 3.82. The quantitative estimate of drug-likeness (QED) is 0.248. The van der Waals surface area contributed by atoms with Crippen molar-refractivity contribution < 1.29 is 31.9 Å². The number of alkyl halides is 5. The van der Waals surface area contributed by atoms with Gasteiger partial charge in [-0.2, -0.15) is 22.0 Å². The summed E-state index contributed by atoms with van der Waals surface area (Å²) in [5.74, 6) is -5.92. The summed E-state index contributed by atoms with van der Waals surface area (Å²) in [4.78, 5) is 11.2. The predicted octanol–water partition coefficient (Wildman–Crippen LogP) is 6.98. The monoisotopic (exact) mass is 374 g/mol. The number of carboxylic acids is 1. The van der Waals surface area contributed by atoms with Gasteiger partial charge < -0.3 is 5.11 Å². The van der Waals surface area contributed by atoms with Crippen molar-refractivity contribution in [3.05, 3.63) is 0 Å². The first-order valence-corrected chi connectivity index (χ1v) is 9.29. The molecule has 0 bridgehead atoms. The number of carboxylic acid groups (broad SMARTS) is 1. The fraction of sp³-hybridized carbons (Fsp3) is 0.944. The van der Waals surface area contributed by atoms with Crippen LogP contribution < -0.4 is 0 Å². The van der Waals surface area contributed by atoms with Crippen LogP contribution in [0.25, 0.3) is 0 Å². The zero-order chi connectivity index (χ0) is 19.3. The summed E-state index contributed by atoms with van der Waals surface area (Å²) in [5, 5.41) is 9.19. The van der Waals surface area contributed by atoms with Crippen molar-refractivity contribution in [2.75, 3.05) is 0 Å². The molecule has 1 atom stereocenters. The van der Waals surface area contributed by atoms with E-state index in [4.69, 9.17) is 0 Å². The Kier molecular flexibility index (Phi) is 12.0. The maximum atomic E-state index is 12.7. The molecule has 0 amide bonds. The van der Waals surface area contributed by atoms with Gasteiger partial charge in [0.15, 0.2) is 0 Å². The van der Waals surface area contributed by atoms with Crippen LogP contribution >= 0.6 is 0 Å². The summed E-state index contributed by atoms with van der Waals surface area (Å²) in [5.41, 5.74) is 0. The van der Waals surface area contributed by atoms with Crippen LogP contribution in [-0.4, -0.2) is 23.2 Å². The van der Waals surface area contributed by atoms with Crippen molar-refractivity contribution in [2.45, 2.75) is 102 Å². The van der Waals surface area contributed by atoms with Gasteiger partial charge in [0.2, 0.25) is 0 Å². The molecule has 0 aliphatic heterocycles. The zero-order valence-electron chi connectivity index (χ0n) is 15.0. The standard InChI is InChI=1S/C18H31F5O2/c1-2-3-4-5-6-9-12-15(16(24)25)13-10-7-8-11-14-17(19,20)18(21,22)23/h15H,2-14H2,1H3,(H,24,25). The van der Waals surface area contributed by atoms with Crippen molar-refractivity contribution in [3.8, 4) is 0 Å². The Morgan fingerprint density at radius 2 is 1.24 bits per heavy atom. The number of carbonyl (C=O) groups is 1. The van der Waals surface area contributed by atoms with Crippen molar-refractivity contribution in [2.24, 2.45) is 5.92 Å². The van der Waals surface area contributed by atoms with E-state index in [-0.39, 0.29) is 12.8 Å². The van der Waals surface area contributed by atoms with Crippen LogP contribution in [0.3, 0.4) is 0 Å². The van der Waals surface area contributed by atoms with Crippen molar-refractivity contribution in [1.82, 2.24) is 0 Å². The van der Waals surface area contributed by atoms with Crippen LogP contribution in [0.15, 0.2) is 0 Å². The van der Waals surface area contributed by atoms with Crippen LogP contribution in [0.5, 0.6) is 0 Å². The van der Waals surface area contributed by atoms with Gasteiger partial charge in [-0.05, 0) is 19.3 Å². The highest BCUT2D eigenvalue weighted by Crippen LogP contribution is 2.39. The van der Waals surface area contributed by atoms with E-state index in [2.05, 4.69) is 6.92 Å². The molecule has 0 heterocycles. The first-order chi connectivity index (χ1) is 11.6. The zero-order valence-corrected chi connectivity index (χ0v) is 15.0. The van der Waals surface area contributed by atoms with Gasteiger partial charge in [-0.15, -0.1) is 0 Å². The molecule has 1 N–H and O–H groups in total. The second-order valence-corrected chi connectivity index (χ2v) is 6.75. The van der Waals surface area contributed by atoms with E-state index in [1.54, 1.807) is 0 Å². The molecule has 0 saturated carbocycles. The molecule has 0 aromatic heterocycles. The van der Waals surface area contributed by atoms with E-state index in [1.807, 2.05) is 0 Å². The van der Waals surface area contributed by atoms with Gasteiger partial charge in [0.1, 0.15) is 0 Å². The molecule has 7 heteroatoms. The molecular weight excluding hydrogens is 343 g/mol. The Bertz CT molecular complexity index is 356. The van der Waals surface area contributed by atoms with Crippen molar-refractivity contribution >= 4 is 5.97 Å². The topological polar surface area (TPSA) is 37.3 Å². The highest BCUT2D eigenvalue weighted by atomic mass is 19.4. The smallest absolute Gasteiger partial charge is 0.453 e. The van der Waals surface area contributed by atoms with Gasteiger partial charge in [0.05, 0.1) is 5.92 Å². The summed E-state index contributed by atoms with van der Waals surface area (Å²) in [6.07, 6.45) is 1.94. The van der Waals surface area contributed by atoms with Crippen molar-refractivity contribution in [3.63, 3.8) is 0 Å². The lowest BCUT2D eigenvalue weighted by molar-refractivity contribution is -0.284. The molecule has 1 unspecified atom stereocenters. The number of halogens is 5. The molecule has 0 aliphatic rings. The Morgan fingerprint density at radius 1 is 0.800 bits per heavy atom. The predicted molar refractivity (Wildman–Crippen MR) is 87.8 cm³/mol. The van der Waals surface area contributed by atoms with E-state index >= 15 is 0 Å². The molecule has 0 aromatic rings. The largest absolute Gasteiger partial charge is 0.481 e. The Morgan fingerprint density at radius 3 is 1.68 bits per heavy atom. The molecule has 0 radical (unpaired) electrons. The lowest BCUT2D eigenvalue weighted by Crippen LogP contribution is -2.36. The minimum atomic E-state index is -5.49. The number of unbranched alkanes of at least 4 members (excludes halogenated alkanes) is 8. The van der Waals surface area contributed by atoms with Gasteiger partial charge in [-0.25, -0.2) is 0 Å². The van der Waals surface area contributed by atoms with E-state index in [0.29, 0.717) is 25.7 Å². The Labute approximate surface area is 147 Å². The van der Waals surface area contributed by atoms with E-state index < -0.39 is 30.4 Å². The van der Waals surface area contributed by atoms with Crippen molar-refractivity contribution in [1.29, 1.82) is 0 Å². The molecular formula is C18H31F5O2. The van der Waals surface area contributed by atoms with Gasteiger partial charge in [-0.3, -0.25) is 4.79 Å². The molecule has 0 rings (SSSR count). The molecule has 2 nitrogen and oxygen atoms in total. The molecule has 0 spiro atoms.